The third kappa shape index (κ3) is 1.45. The van der Waals surface area contributed by atoms with Crippen LogP contribution in [0.5, 0.6) is 0 Å². The molecule has 0 radical (unpaired) electrons. The molecule has 1 saturated heterocycles. The second-order valence-corrected chi connectivity index (χ2v) is 3.40. The van der Waals surface area contributed by atoms with Crippen molar-refractivity contribution in [1.29, 1.82) is 0 Å². The number of nitrogens with one attached hydrogen (secondary N) is 1. The smallest absolute Gasteiger partial charge is 0.318 e. The maximum absolute atomic E-state index is 11.4. The number of carbonyl (C=O) groups is 1. The molecule has 0 bridgehead atoms. The second kappa shape index (κ2) is 3.70. The minimum atomic E-state index is 0.0429. The zero-order valence-corrected chi connectivity index (χ0v) is 8.23. The van der Waals surface area contributed by atoms with Crippen LogP contribution < -0.4 is 5.32 Å². The molecule has 1 aliphatic rings. The fourth-order valence-corrected chi connectivity index (χ4v) is 1.87. The van der Waals surface area contributed by atoms with Gasteiger partial charge in [0.25, 0.3) is 0 Å². The van der Waals surface area contributed by atoms with Gasteiger partial charge < -0.3 is 10.2 Å². The highest BCUT2D eigenvalue weighted by atomic mass is 16.2. The Hall–Kier alpha value is -1.51. The number of hydrogen-bond donors (Lipinski definition) is 1. The Morgan fingerprint density at radius 1 is 1.43 bits per heavy atom. The standard InChI is InChI=1S/C11H14N2O/c1-2-13-10(8-12-11(13)14)9-6-4-3-5-7-9/h3-7,10H,2,8H2,1H3,(H,12,14). The Labute approximate surface area is 83.7 Å². The summed E-state index contributed by atoms with van der Waals surface area (Å²) >= 11 is 0. The van der Waals surface area contributed by atoms with Crippen LogP contribution in [-0.4, -0.2) is 24.0 Å². The summed E-state index contributed by atoms with van der Waals surface area (Å²) in [4.78, 5) is 13.3. The van der Waals surface area contributed by atoms with Gasteiger partial charge in [-0.2, -0.15) is 0 Å². The van der Waals surface area contributed by atoms with E-state index in [1.54, 1.807) is 0 Å². The van der Waals surface area contributed by atoms with E-state index >= 15 is 0 Å². The highest BCUT2D eigenvalue weighted by molar-refractivity contribution is 5.77. The van der Waals surface area contributed by atoms with Crippen molar-refractivity contribution in [1.82, 2.24) is 10.2 Å². The minimum Gasteiger partial charge on any atom is -0.336 e. The molecule has 2 rings (SSSR count). The molecule has 0 saturated carbocycles. The SMILES string of the molecule is CCN1C(=O)NCC1c1ccccc1. The fourth-order valence-electron chi connectivity index (χ4n) is 1.87. The summed E-state index contributed by atoms with van der Waals surface area (Å²) in [5.74, 6) is 0. The minimum absolute atomic E-state index is 0.0429. The Kier molecular flexibility index (Phi) is 2.39. The largest absolute Gasteiger partial charge is 0.336 e. The lowest BCUT2D eigenvalue weighted by Crippen LogP contribution is -2.29. The normalized spacial score (nSPS) is 21.1. The molecule has 3 heteroatoms. The summed E-state index contributed by atoms with van der Waals surface area (Å²) in [7, 11) is 0. The van der Waals surface area contributed by atoms with Crippen molar-refractivity contribution in [3.8, 4) is 0 Å². The first-order valence-electron chi connectivity index (χ1n) is 4.92. The Morgan fingerprint density at radius 3 is 2.79 bits per heavy atom. The zero-order chi connectivity index (χ0) is 9.97. The third-order valence-electron chi connectivity index (χ3n) is 2.61. The average Bonchev–Trinajstić information content (AvgIpc) is 2.61. The van der Waals surface area contributed by atoms with Crippen LogP contribution >= 0.6 is 0 Å². The van der Waals surface area contributed by atoms with E-state index in [1.807, 2.05) is 30.0 Å². The molecule has 0 aromatic heterocycles. The van der Waals surface area contributed by atoms with Gasteiger partial charge >= 0.3 is 6.03 Å². The number of carbonyl (C=O) groups excluding carboxylic acids is 1. The van der Waals surface area contributed by atoms with Crippen molar-refractivity contribution in [2.45, 2.75) is 13.0 Å². The lowest BCUT2D eigenvalue weighted by Gasteiger charge is -2.21. The van der Waals surface area contributed by atoms with Crippen molar-refractivity contribution in [2.24, 2.45) is 0 Å². The maximum Gasteiger partial charge on any atom is 0.318 e. The van der Waals surface area contributed by atoms with Gasteiger partial charge in [-0.15, -0.1) is 0 Å². The number of benzene rings is 1. The lowest BCUT2D eigenvalue weighted by molar-refractivity contribution is 0.207. The summed E-state index contributed by atoms with van der Waals surface area (Å²) < 4.78 is 0. The first-order chi connectivity index (χ1) is 6.83. The Morgan fingerprint density at radius 2 is 2.14 bits per heavy atom. The third-order valence-corrected chi connectivity index (χ3v) is 2.61. The number of hydrogen-bond acceptors (Lipinski definition) is 1. The van der Waals surface area contributed by atoms with E-state index in [0.717, 1.165) is 13.1 Å². The highest BCUT2D eigenvalue weighted by Gasteiger charge is 2.29. The highest BCUT2D eigenvalue weighted by Crippen LogP contribution is 2.23. The van der Waals surface area contributed by atoms with E-state index in [-0.39, 0.29) is 12.1 Å². The van der Waals surface area contributed by atoms with Gasteiger partial charge in [-0.3, -0.25) is 0 Å². The summed E-state index contributed by atoms with van der Waals surface area (Å²) in [6.45, 7) is 3.48. The molecule has 3 nitrogen and oxygen atoms in total. The van der Waals surface area contributed by atoms with Gasteiger partial charge in [0.15, 0.2) is 0 Å². The number of rotatable bonds is 2. The Balaban J connectivity index is 2.23. The molecule has 1 heterocycles. The molecule has 0 aliphatic carbocycles. The molecule has 0 spiro atoms. The van der Waals surface area contributed by atoms with Gasteiger partial charge in [-0.1, -0.05) is 30.3 Å². The van der Waals surface area contributed by atoms with Gasteiger partial charge in [-0.25, -0.2) is 4.79 Å². The molecule has 1 fully saturated rings. The number of likely N-dealkylation sites (N-methyl/N-ethyl adjacent to an activating group) is 1. The van der Waals surface area contributed by atoms with Crippen LogP contribution in [0.15, 0.2) is 30.3 Å². The van der Waals surface area contributed by atoms with Crippen molar-refractivity contribution in [3.05, 3.63) is 35.9 Å². The lowest BCUT2D eigenvalue weighted by atomic mass is 10.1. The number of nitrogens with zero attached hydrogens (tertiary/aromatic N) is 1. The van der Waals surface area contributed by atoms with Crippen LogP contribution in [0.25, 0.3) is 0 Å². The molecule has 14 heavy (non-hydrogen) atoms. The molecule has 1 aromatic carbocycles. The summed E-state index contributed by atoms with van der Waals surface area (Å²) in [5.41, 5.74) is 1.20. The maximum atomic E-state index is 11.4. The van der Waals surface area contributed by atoms with E-state index in [0.29, 0.717) is 0 Å². The van der Waals surface area contributed by atoms with Crippen LogP contribution in [-0.2, 0) is 0 Å². The molecule has 74 valence electrons. The zero-order valence-electron chi connectivity index (χ0n) is 8.23. The predicted molar refractivity (Wildman–Crippen MR) is 55.0 cm³/mol. The van der Waals surface area contributed by atoms with Crippen LogP contribution in [0, 0.1) is 0 Å². The average molecular weight is 190 g/mol. The summed E-state index contributed by atoms with van der Waals surface area (Å²) in [6.07, 6.45) is 0. The second-order valence-electron chi connectivity index (χ2n) is 3.40. The van der Waals surface area contributed by atoms with E-state index in [1.165, 1.54) is 5.56 Å². The first kappa shape index (κ1) is 9.06. The van der Waals surface area contributed by atoms with Gasteiger partial charge in [-0.05, 0) is 12.5 Å². The number of urea groups is 1. The van der Waals surface area contributed by atoms with E-state index < -0.39 is 0 Å². The van der Waals surface area contributed by atoms with Gasteiger partial charge in [0.2, 0.25) is 0 Å². The molecule has 1 unspecified atom stereocenters. The van der Waals surface area contributed by atoms with Crippen LogP contribution in [0.4, 0.5) is 4.79 Å². The van der Waals surface area contributed by atoms with Crippen molar-refractivity contribution in [3.63, 3.8) is 0 Å². The van der Waals surface area contributed by atoms with Gasteiger partial charge in [0, 0.05) is 13.1 Å². The molecule has 1 atom stereocenters. The molecule has 1 N–H and O–H groups in total. The van der Waals surface area contributed by atoms with E-state index in [2.05, 4.69) is 17.4 Å². The van der Waals surface area contributed by atoms with Crippen molar-refractivity contribution >= 4 is 6.03 Å². The molecule has 1 aliphatic heterocycles. The molecular formula is C11H14N2O. The van der Waals surface area contributed by atoms with E-state index in [4.69, 9.17) is 0 Å². The summed E-state index contributed by atoms with van der Waals surface area (Å²) in [5, 5.41) is 2.86. The predicted octanol–water partition coefficient (Wildman–Crippen LogP) is 1.77. The van der Waals surface area contributed by atoms with E-state index in [9.17, 15) is 4.79 Å². The first-order valence-corrected chi connectivity index (χ1v) is 4.92. The number of amides is 2. The van der Waals surface area contributed by atoms with Gasteiger partial charge in [0.1, 0.15) is 0 Å². The van der Waals surface area contributed by atoms with Crippen molar-refractivity contribution < 1.29 is 4.79 Å². The van der Waals surface area contributed by atoms with Gasteiger partial charge in [0.05, 0.1) is 6.04 Å². The molecular weight excluding hydrogens is 176 g/mol. The van der Waals surface area contributed by atoms with Crippen LogP contribution in [0.1, 0.15) is 18.5 Å². The topological polar surface area (TPSA) is 32.3 Å². The molecule has 1 aromatic rings. The fraction of sp³-hybridized carbons (Fsp3) is 0.364. The van der Waals surface area contributed by atoms with Crippen LogP contribution in [0.3, 0.4) is 0 Å². The quantitative estimate of drug-likeness (QED) is 0.757. The summed E-state index contributed by atoms with van der Waals surface area (Å²) in [6, 6.07) is 10.4. The van der Waals surface area contributed by atoms with Crippen molar-refractivity contribution in [2.75, 3.05) is 13.1 Å². The Bertz CT molecular complexity index is 323. The van der Waals surface area contributed by atoms with Crippen LogP contribution in [0.2, 0.25) is 0 Å². The monoisotopic (exact) mass is 190 g/mol. The molecule has 2 amide bonds.